The van der Waals surface area contributed by atoms with Crippen LogP contribution < -0.4 is 15.0 Å². The summed E-state index contributed by atoms with van der Waals surface area (Å²) in [6.45, 7) is 5.22. The first kappa shape index (κ1) is 18.5. The van der Waals surface area contributed by atoms with E-state index in [1.54, 1.807) is 19.2 Å². The maximum Gasteiger partial charge on any atom is 0.242 e. The molecule has 0 bridgehead atoms. The van der Waals surface area contributed by atoms with E-state index in [0.29, 0.717) is 10.8 Å². The third-order valence-corrected chi connectivity index (χ3v) is 4.87. The number of carbonyl (C=O) groups is 1. The Hall–Kier alpha value is -2.31. The summed E-state index contributed by atoms with van der Waals surface area (Å²) in [7, 11) is 1.69. The molecule has 1 N–H and O–H groups in total. The second kappa shape index (κ2) is 8.38. The fourth-order valence-corrected chi connectivity index (χ4v) is 3.20. The van der Waals surface area contributed by atoms with Gasteiger partial charge in [0.1, 0.15) is 11.6 Å². The summed E-state index contributed by atoms with van der Waals surface area (Å²) < 4.78 is 5.45. The van der Waals surface area contributed by atoms with Gasteiger partial charge < -0.3 is 15.0 Å². The Morgan fingerprint density at radius 3 is 2.58 bits per heavy atom. The minimum absolute atomic E-state index is 0.0643. The van der Waals surface area contributed by atoms with Gasteiger partial charge in [0, 0.05) is 32.4 Å². The molecule has 2 heterocycles. The molecule has 1 aliphatic rings. The quantitative estimate of drug-likeness (QED) is 0.872. The van der Waals surface area contributed by atoms with Crippen LogP contribution in [0.3, 0.4) is 0 Å². The highest BCUT2D eigenvalue weighted by Crippen LogP contribution is 2.28. The van der Waals surface area contributed by atoms with Crippen LogP contribution in [0.2, 0.25) is 5.02 Å². The maximum atomic E-state index is 12.5. The van der Waals surface area contributed by atoms with Gasteiger partial charge in [0.25, 0.3) is 0 Å². The molecule has 1 amide bonds. The second-order valence-electron chi connectivity index (χ2n) is 6.22. The van der Waals surface area contributed by atoms with Crippen LogP contribution in [0.1, 0.15) is 6.92 Å². The molecule has 26 heavy (non-hydrogen) atoms. The van der Waals surface area contributed by atoms with Crippen molar-refractivity contribution in [3.8, 4) is 5.75 Å². The normalized spacial score (nSPS) is 16.2. The molecule has 1 aromatic heterocycles. The molecule has 138 valence electrons. The lowest BCUT2D eigenvalue weighted by atomic mass is 10.2. The van der Waals surface area contributed by atoms with Crippen molar-refractivity contribution in [2.24, 2.45) is 0 Å². The van der Waals surface area contributed by atoms with E-state index >= 15 is 0 Å². The number of piperazine rings is 1. The topological polar surface area (TPSA) is 57.7 Å². The molecular weight excluding hydrogens is 352 g/mol. The Bertz CT molecular complexity index is 745. The van der Waals surface area contributed by atoms with Crippen LogP contribution in [-0.4, -0.2) is 55.1 Å². The average molecular weight is 375 g/mol. The van der Waals surface area contributed by atoms with E-state index in [1.165, 1.54) is 6.20 Å². The fraction of sp³-hybridized carbons (Fsp3) is 0.368. The zero-order valence-corrected chi connectivity index (χ0v) is 15.7. The lowest BCUT2D eigenvalue weighted by molar-refractivity contribution is -0.120. The summed E-state index contributed by atoms with van der Waals surface area (Å²) in [6.07, 6.45) is 1.52. The van der Waals surface area contributed by atoms with Gasteiger partial charge in [-0.2, -0.15) is 0 Å². The van der Waals surface area contributed by atoms with E-state index in [2.05, 4.69) is 26.2 Å². The van der Waals surface area contributed by atoms with Crippen LogP contribution in [-0.2, 0) is 4.79 Å². The number of nitrogens with one attached hydrogen (secondary N) is 1. The average Bonchev–Trinajstić information content (AvgIpc) is 2.69. The number of nitrogens with zero attached hydrogens (tertiary/aromatic N) is 3. The number of ether oxygens (including phenoxy) is 1. The number of carbonyl (C=O) groups excluding carboxylic acids is 1. The largest absolute Gasteiger partial charge is 0.495 e. The predicted octanol–water partition coefficient (Wildman–Crippen LogP) is 2.89. The Kier molecular flexibility index (Phi) is 5.96. The Labute approximate surface area is 158 Å². The molecule has 1 saturated heterocycles. The van der Waals surface area contributed by atoms with Crippen molar-refractivity contribution in [1.82, 2.24) is 9.88 Å². The Morgan fingerprint density at radius 1 is 1.19 bits per heavy atom. The van der Waals surface area contributed by atoms with Gasteiger partial charge >= 0.3 is 0 Å². The smallest absolute Gasteiger partial charge is 0.242 e. The summed E-state index contributed by atoms with van der Waals surface area (Å²) in [5.74, 6) is 1.32. The molecular formula is C19H23ClN4O2. The van der Waals surface area contributed by atoms with Crippen molar-refractivity contribution in [2.45, 2.75) is 13.0 Å². The van der Waals surface area contributed by atoms with E-state index in [-0.39, 0.29) is 11.9 Å². The number of hydrogen-bond acceptors (Lipinski definition) is 5. The lowest BCUT2D eigenvalue weighted by Gasteiger charge is -2.38. The summed E-state index contributed by atoms with van der Waals surface area (Å²) in [4.78, 5) is 21.1. The first-order chi connectivity index (χ1) is 12.6. The van der Waals surface area contributed by atoms with Gasteiger partial charge in [-0.15, -0.1) is 0 Å². The SMILES string of the molecule is COc1ccccc1N1CCN(C(C)C(=O)Nc2ccc(Cl)cn2)CC1. The number of rotatable bonds is 5. The zero-order valence-electron chi connectivity index (χ0n) is 15.0. The Balaban J connectivity index is 1.57. The van der Waals surface area contributed by atoms with E-state index in [4.69, 9.17) is 16.3 Å². The summed E-state index contributed by atoms with van der Waals surface area (Å²) >= 11 is 5.82. The van der Waals surface area contributed by atoms with E-state index in [9.17, 15) is 4.79 Å². The highest BCUT2D eigenvalue weighted by atomic mass is 35.5. The molecule has 1 aliphatic heterocycles. The van der Waals surface area contributed by atoms with Gasteiger partial charge in [-0.1, -0.05) is 23.7 Å². The molecule has 7 heteroatoms. The van der Waals surface area contributed by atoms with Crippen molar-refractivity contribution < 1.29 is 9.53 Å². The molecule has 1 atom stereocenters. The summed E-state index contributed by atoms with van der Waals surface area (Å²) in [6, 6.07) is 11.2. The number of hydrogen-bond donors (Lipinski definition) is 1. The first-order valence-electron chi connectivity index (χ1n) is 8.63. The summed E-state index contributed by atoms with van der Waals surface area (Å²) in [5, 5.41) is 3.39. The van der Waals surface area contributed by atoms with Gasteiger partial charge in [-0.05, 0) is 31.2 Å². The number of pyridine rings is 1. The number of halogens is 1. The van der Waals surface area contributed by atoms with Gasteiger partial charge in [0.15, 0.2) is 0 Å². The number of benzene rings is 1. The molecule has 0 radical (unpaired) electrons. The van der Waals surface area contributed by atoms with Crippen LogP contribution in [0.5, 0.6) is 5.75 Å². The number of anilines is 2. The van der Waals surface area contributed by atoms with Crippen LogP contribution in [0.15, 0.2) is 42.6 Å². The number of aromatic nitrogens is 1. The van der Waals surface area contributed by atoms with Crippen molar-refractivity contribution in [3.05, 3.63) is 47.6 Å². The summed E-state index contributed by atoms with van der Waals surface area (Å²) in [5.41, 5.74) is 1.09. The molecule has 3 rings (SSSR count). The maximum absolute atomic E-state index is 12.5. The Morgan fingerprint density at radius 2 is 1.92 bits per heavy atom. The first-order valence-corrected chi connectivity index (χ1v) is 9.00. The molecule has 0 spiro atoms. The number of para-hydroxylation sites is 2. The standard InChI is InChI=1S/C19H23ClN4O2/c1-14(19(25)22-18-8-7-15(20)13-21-18)23-9-11-24(12-10-23)16-5-3-4-6-17(16)26-2/h3-8,13-14H,9-12H2,1-2H3,(H,21,22,25). The van der Waals surface area contributed by atoms with Gasteiger partial charge in [0.2, 0.25) is 5.91 Å². The van der Waals surface area contributed by atoms with Crippen LogP contribution in [0, 0.1) is 0 Å². The predicted molar refractivity (Wildman–Crippen MR) is 104 cm³/mol. The minimum atomic E-state index is -0.229. The van der Waals surface area contributed by atoms with Crippen LogP contribution in [0.25, 0.3) is 0 Å². The number of amides is 1. The second-order valence-corrected chi connectivity index (χ2v) is 6.66. The van der Waals surface area contributed by atoms with Crippen molar-refractivity contribution in [1.29, 1.82) is 0 Å². The van der Waals surface area contributed by atoms with Crippen LogP contribution in [0.4, 0.5) is 11.5 Å². The lowest BCUT2D eigenvalue weighted by Crippen LogP contribution is -2.52. The zero-order chi connectivity index (χ0) is 18.5. The van der Waals surface area contributed by atoms with E-state index in [0.717, 1.165) is 37.6 Å². The fourth-order valence-electron chi connectivity index (χ4n) is 3.09. The highest BCUT2D eigenvalue weighted by Gasteiger charge is 2.26. The van der Waals surface area contributed by atoms with Crippen molar-refractivity contribution >= 4 is 29.0 Å². The van der Waals surface area contributed by atoms with E-state index in [1.807, 2.05) is 25.1 Å². The molecule has 6 nitrogen and oxygen atoms in total. The van der Waals surface area contributed by atoms with Crippen molar-refractivity contribution in [3.63, 3.8) is 0 Å². The minimum Gasteiger partial charge on any atom is -0.495 e. The van der Waals surface area contributed by atoms with Crippen LogP contribution >= 0.6 is 11.6 Å². The van der Waals surface area contributed by atoms with E-state index < -0.39 is 0 Å². The van der Waals surface area contributed by atoms with Gasteiger partial charge in [-0.3, -0.25) is 9.69 Å². The third-order valence-electron chi connectivity index (χ3n) is 4.65. The van der Waals surface area contributed by atoms with Crippen molar-refractivity contribution in [2.75, 3.05) is 43.5 Å². The monoisotopic (exact) mass is 374 g/mol. The molecule has 0 saturated carbocycles. The molecule has 0 aliphatic carbocycles. The van der Waals surface area contributed by atoms with Gasteiger partial charge in [-0.25, -0.2) is 4.98 Å². The molecule has 1 fully saturated rings. The number of methoxy groups -OCH3 is 1. The molecule has 1 unspecified atom stereocenters. The molecule has 2 aromatic rings. The highest BCUT2D eigenvalue weighted by molar-refractivity contribution is 6.30. The molecule has 1 aromatic carbocycles. The third kappa shape index (κ3) is 4.26. The van der Waals surface area contributed by atoms with Gasteiger partial charge in [0.05, 0.1) is 23.9 Å².